The monoisotopic (exact) mass is 154 g/mol. The molecule has 0 unspecified atom stereocenters. The van der Waals surface area contributed by atoms with Gasteiger partial charge in [-0.05, 0) is 6.42 Å². The lowest BCUT2D eigenvalue weighted by molar-refractivity contribution is 0.602. The van der Waals surface area contributed by atoms with Crippen molar-refractivity contribution in [3.63, 3.8) is 0 Å². The number of hydrogen-bond donors (Lipinski definition) is 0. The van der Waals surface area contributed by atoms with Crippen LogP contribution in [0.4, 0.5) is 0 Å². The highest BCUT2D eigenvalue weighted by molar-refractivity contribution is 7.91. The van der Waals surface area contributed by atoms with E-state index in [9.17, 15) is 8.42 Å². The first-order valence-electron chi connectivity index (χ1n) is 2.45. The van der Waals surface area contributed by atoms with Crippen molar-refractivity contribution >= 4 is 21.4 Å². The minimum absolute atomic E-state index is 0.125. The lowest BCUT2D eigenvalue weighted by Crippen LogP contribution is -2.03. The largest absolute Gasteiger partial charge is 0.229 e. The van der Waals surface area contributed by atoms with Gasteiger partial charge in [0.05, 0.1) is 11.5 Å². The molecule has 1 atom stereocenters. The van der Waals surface area contributed by atoms with Crippen molar-refractivity contribution in [2.45, 2.75) is 11.8 Å². The zero-order valence-electron chi connectivity index (χ0n) is 4.30. The second kappa shape index (κ2) is 1.88. The maximum atomic E-state index is 10.6. The van der Waals surface area contributed by atoms with Crippen molar-refractivity contribution in [1.82, 2.24) is 0 Å². The van der Waals surface area contributed by atoms with E-state index < -0.39 is 9.84 Å². The summed E-state index contributed by atoms with van der Waals surface area (Å²) in [5.74, 6) is 0.454. The molecule has 1 rings (SSSR count). The molecule has 0 radical (unpaired) electrons. The Bertz CT molecular complexity index is 172. The van der Waals surface area contributed by atoms with E-state index in [0.717, 1.165) is 0 Å². The van der Waals surface area contributed by atoms with E-state index in [1.54, 1.807) is 0 Å². The van der Waals surface area contributed by atoms with Gasteiger partial charge < -0.3 is 0 Å². The Labute approximate surface area is 53.8 Å². The molecule has 0 spiro atoms. The van der Waals surface area contributed by atoms with Gasteiger partial charge in [-0.1, -0.05) is 0 Å². The topological polar surface area (TPSA) is 34.1 Å². The fourth-order valence-corrected chi connectivity index (χ4v) is 3.09. The Kier molecular flexibility index (Phi) is 1.50. The smallest absolute Gasteiger partial charge is 0.151 e. The van der Waals surface area contributed by atoms with Crippen molar-refractivity contribution in [1.29, 1.82) is 0 Å². The fourth-order valence-electron chi connectivity index (χ4n) is 0.750. The van der Waals surface area contributed by atoms with Gasteiger partial charge in [-0.15, -0.1) is 11.6 Å². The first-order valence-corrected chi connectivity index (χ1v) is 4.70. The minimum Gasteiger partial charge on any atom is -0.229 e. The van der Waals surface area contributed by atoms with Crippen LogP contribution in [0.3, 0.4) is 0 Å². The zero-order chi connectivity index (χ0) is 6.20. The first kappa shape index (κ1) is 6.36. The molecular formula is C4H7ClO2S. The third kappa shape index (κ3) is 1.36. The van der Waals surface area contributed by atoms with Crippen LogP contribution >= 0.6 is 11.6 Å². The van der Waals surface area contributed by atoms with Gasteiger partial charge in [0, 0.05) is 5.38 Å². The average molecular weight is 155 g/mol. The summed E-state index contributed by atoms with van der Waals surface area (Å²) in [5.41, 5.74) is 0. The van der Waals surface area contributed by atoms with Crippen LogP contribution in [0, 0.1) is 0 Å². The second-order valence-corrected chi connectivity index (χ2v) is 4.85. The summed E-state index contributed by atoms with van der Waals surface area (Å²) in [5, 5.41) is -0.125. The number of hydrogen-bond acceptors (Lipinski definition) is 2. The summed E-state index contributed by atoms with van der Waals surface area (Å²) in [4.78, 5) is 0. The minimum atomic E-state index is -2.73. The first-order chi connectivity index (χ1) is 3.60. The maximum absolute atomic E-state index is 10.6. The lowest BCUT2D eigenvalue weighted by Gasteiger charge is -1.87. The highest BCUT2D eigenvalue weighted by Crippen LogP contribution is 2.15. The predicted octanol–water partition coefficient (Wildman–Crippen LogP) is 0.412. The molecule has 1 heterocycles. The maximum Gasteiger partial charge on any atom is 0.151 e. The van der Waals surface area contributed by atoms with Crippen molar-refractivity contribution in [3.8, 4) is 0 Å². The second-order valence-electron chi connectivity index (χ2n) is 2.00. The molecule has 1 aliphatic heterocycles. The summed E-state index contributed by atoms with van der Waals surface area (Å²) in [6.45, 7) is 0. The Hall–Kier alpha value is 0.240. The number of rotatable bonds is 0. The van der Waals surface area contributed by atoms with Gasteiger partial charge in [-0.2, -0.15) is 0 Å². The zero-order valence-corrected chi connectivity index (χ0v) is 5.87. The highest BCUT2D eigenvalue weighted by atomic mass is 35.5. The van der Waals surface area contributed by atoms with Crippen LogP contribution in [-0.2, 0) is 9.84 Å². The van der Waals surface area contributed by atoms with Crippen LogP contribution in [0.1, 0.15) is 6.42 Å². The molecule has 1 aliphatic rings. The van der Waals surface area contributed by atoms with Crippen LogP contribution in [0.5, 0.6) is 0 Å². The van der Waals surface area contributed by atoms with Gasteiger partial charge in [0.2, 0.25) is 0 Å². The van der Waals surface area contributed by atoms with E-state index in [4.69, 9.17) is 11.6 Å². The quantitative estimate of drug-likeness (QED) is 0.474. The van der Waals surface area contributed by atoms with Crippen LogP contribution in [0.2, 0.25) is 0 Å². The molecule has 0 aromatic rings. The third-order valence-corrected chi connectivity index (χ3v) is 3.50. The summed E-state index contributed by atoms with van der Waals surface area (Å²) in [6, 6.07) is 0. The third-order valence-electron chi connectivity index (χ3n) is 1.18. The molecule has 2 nitrogen and oxygen atoms in total. The molecule has 0 saturated carbocycles. The summed E-state index contributed by atoms with van der Waals surface area (Å²) in [7, 11) is -2.73. The molecule has 0 bridgehead atoms. The molecule has 0 amide bonds. The van der Waals surface area contributed by atoms with Gasteiger partial charge in [0.25, 0.3) is 0 Å². The van der Waals surface area contributed by atoms with Crippen molar-refractivity contribution in [2.75, 3.05) is 11.5 Å². The van der Waals surface area contributed by atoms with E-state index >= 15 is 0 Å². The van der Waals surface area contributed by atoms with Gasteiger partial charge in [0.15, 0.2) is 9.84 Å². The number of sulfone groups is 1. The van der Waals surface area contributed by atoms with Crippen LogP contribution in [0.25, 0.3) is 0 Å². The molecule has 0 aromatic carbocycles. The van der Waals surface area contributed by atoms with Crippen LogP contribution in [-0.4, -0.2) is 25.3 Å². The normalized spacial score (nSPS) is 35.4. The molecule has 48 valence electrons. The van der Waals surface area contributed by atoms with Gasteiger partial charge in [-0.3, -0.25) is 0 Å². The molecule has 1 fully saturated rings. The SMILES string of the molecule is O=S1(=O)CC[C@@H](Cl)C1. The Balaban J connectivity index is 2.71. The summed E-state index contributed by atoms with van der Waals surface area (Å²) < 4.78 is 21.1. The van der Waals surface area contributed by atoms with Crippen LogP contribution in [0.15, 0.2) is 0 Å². The summed E-state index contributed by atoms with van der Waals surface area (Å²) in [6.07, 6.45) is 0.629. The fraction of sp³-hybridized carbons (Fsp3) is 1.00. The van der Waals surface area contributed by atoms with E-state index in [1.807, 2.05) is 0 Å². The number of halogens is 1. The van der Waals surface area contributed by atoms with Gasteiger partial charge in [0.1, 0.15) is 0 Å². The molecule has 8 heavy (non-hydrogen) atoms. The lowest BCUT2D eigenvalue weighted by atomic mass is 10.4. The van der Waals surface area contributed by atoms with E-state index in [1.165, 1.54) is 0 Å². The van der Waals surface area contributed by atoms with Crippen molar-refractivity contribution in [2.24, 2.45) is 0 Å². The van der Waals surface area contributed by atoms with Gasteiger partial charge >= 0.3 is 0 Å². The van der Waals surface area contributed by atoms with Crippen molar-refractivity contribution < 1.29 is 8.42 Å². The van der Waals surface area contributed by atoms with E-state index in [2.05, 4.69) is 0 Å². The van der Waals surface area contributed by atoms with Crippen LogP contribution < -0.4 is 0 Å². The number of alkyl halides is 1. The Morgan fingerprint density at radius 1 is 1.50 bits per heavy atom. The van der Waals surface area contributed by atoms with Gasteiger partial charge in [-0.25, -0.2) is 8.42 Å². The molecule has 0 aliphatic carbocycles. The molecule has 0 N–H and O–H groups in total. The standard InChI is InChI=1S/C4H7ClO2S/c5-4-1-2-8(6,7)3-4/h4H,1-3H2/t4-/m1/s1. The molecule has 4 heteroatoms. The molecular weight excluding hydrogens is 148 g/mol. The van der Waals surface area contributed by atoms with E-state index in [0.29, 0.717) is 6.42 Å². The molecule has 1 saturated heterocycles. The Morgan fingerprint density at radius 3 is 2.25 bits per heavy atom. The van der Waals surface area contributed by atoms with E-state index in [-0.39, 0.29) is 16.9 Å². The Morgan fingerprint density at radius 2 is 2.12 bits per heavy atom. The predicted molar refractivity (Wildman–Crippen MR) is 32.9 cm³/mol. The molecule has 0 aromatic heterocycles. The highest BCUT2D eigenvalue weighted by Gasteiger charge is 2.25. The average Bonchev–Trinajstić information content (AvgIpc) is 1.82. The summed E-state index contributed by atoms with van der Waals surface area (Å²) >= 11 is 5.52. The van der Waals surface area contributed by atoms with Crippen molar-refractivity contribution in [3.05, 3.63) is 0 Å².